The first-order chi connectivity index (χ1) is 7.58. The van der Waals surface area contributed by atoms with Crippen LogP contribution in [0.4, 0.5) is 5.95 Å². The third kappa shape index (κ3) is 2.99. The summed E-state index contributed by atoms with van der Waals surface area (Å²) in [6.45, 7) is -0.416. The van der Waals surface area contributed by atoms with E-state index in [0.717, 1.165) is 4.57 Å². The maximum atomic E-state index is 11.3. The maximum absolute atomic E-state index is 11.3. The van der Waals surface area contributed by atoms with Crippen LogP contribution in [0.15, 0.2) is 11.1 Å². The number of aliphatic hydroxyl groups is 2. The van der Waals surface area contributed by atoms with Crippen molar-refractivity contribution < 1.29 is 14.9 Å². The van der Waals surface area contributed by atoms with Crippen molar-refractivity contribution in [1.29, 1.82) is 0 Å². The van der Waals surface area contributed by atoms with Crippen LogP contribution in [-0.2, 0) is 11.3 Å². The van der Waals surface area contributed by atoms with Gasteiger partial charge in [-0.3, -0.25) is 4.57 Å². The first kappa shape index (κ1) is 12.6. The number of nitrogens with zero attached hydrogens (tertiary/aromatic N) is 3. The minimum atomic E-state index is -1.03. The zero-order valence-electron chi connectivity index (χ0n) is 8.78. The maximum Gasteiger partial charge on any atom is 0.352 e. The Bertz CT molecular complexity index is 390. The summed E-state index contributed by atoms with van der Waals surface area (Å²) in [5.74, 6) is -0.124. The molecule has 1 rings (SSSR count). The zero-order chi connectivity index (χ0) is 12.1. The largest absolute Gasteiger partial charge is 0.394 e. The summed E-state index contributed by atoms with van der Waals surface area (Å²) in [7, 11) is 1.35. The number of hydrogen-bond donors (Lipinski definition) is 3. The van der Waals surface area contributed by atoms with Gasteiger partial charge >= 0.3 is 5.69 Å². The van der Waals surface area contributed by atoms with Gasteiger partial charge in [-0.15, -0.1) is 0 Å². The summed E-state index contributed by atoms with van der Waals surface area (Å²) in [6.07, 6.45) is -0.609. The Morgan fingerprint density at radius 2 is 2.38 bits per heavy atom. The molecule has 0 aliphatic rings. The second kappa shape index (κ2) is 5.54. The number of nitrogens with two attached hydrogens (primary N) is 1. The standard InChI is InChI=1S/C8H14N4O4/c1-16-6(3-13)5(14)2-12-4-10-7(9)11-8(12)15/h4-6,13-14H,2-3H2,1H3,(H2,9,11,15)/t5?,6-/m1/s1. The Kier molecular flexibility index (Phi) is 4.35. The number of hydrogen-bond acceptors (Lipinski definition) is 7. The van der Waals surface area contributed by atoms with E-state index >= 15 is 0 Å². The van der Waals surface area contributed by atoms with Crippen molar-refractivity contribution in [3.05, 3.63) is 16.8 Å². The Balaban J connectivity index is 2.76. The minimum absolute atomic E-state index is 0.0713. The van der Waals surface area contributed by atoms with Crippen LogP contribution >= 0.6 is 0 Å². The average Bonchev–Trinajstić information content (AvgIpc) is 2.24. The molecule has 0 saturated carbocycles. The molecule has 0 spiro atoms. The van der Waals surface area contributed by atoms with Crippen LogP contribution in [0.5, 0.6) is 0 Å². The van der Waals surface area contributed by atoms with Crippen molar-refractivity contribution in [3.8, 4) is 0 Å². The quantitative estimate of drug-likeness (QED) is 0.514. The number of methoxy groups -OCH3 is 1. The number of rotatable bonds is 5. The molecule has 2 atom stereocenters. The van der Waals surface area contributed by atoms with E-state index in [9.17, 15) is 9.90 Å². The van der Waals surface area contributed by atoms with Crippen LogP contribution in [0.3, 0.4) is 0 Å². The van der Waals surface area contributed by atoms with Crippen molar-refractivity contribution in [3.63, 3.8) is 0 Å². The fraction of sp³-hybridized carbons (Fsp3) is 0.625. The molecule has 1 aromatic rings. The number of ether oxygens (including phenoxy) is 1. The Hall–Kier alpha value is -1.51. The summed E-state index contributed by atoms with van der Waals surface area (Å²) in [4.78, 5) is 18.3. The van der Waals surface area contributed by atoms with Gasteiger partial charge in [0.15, 0.2) is 0 Å². The topological polar surface area (TPSA) is 123 Å². The lowest BCUT2D eigenvalue weighted by Crippen LogP contribution is -2.38. The number of aliphatic hydroxyl groups excluding tert-OH is 2. The molecule has 16 heavy (non-hydrogen) atoms. The van der Waals surface area contributed by atoms with Crippen LogP contribution in [0, 0.1) is 0 Å². The molecule has 0 amide bonds. The average molecular weight is 230 g/mol. The van der Waals surface area contributed by atoms with Gasteiger partial charge in [0.1, 0.15) is 18.5 Å². The molecule has 0 saturated heterocycles. The molecule has 1 aromatic heterocycles. The van der Waals surface area contributed by atoms with Crippen molar-refractivity contribution in [2.45, 2.75) is 18.8 Å². The van der Waals surface area contributed by atoms with Crippen molar-refractivity contribution in [2.75, 3.05) is 19.5 Å². The van der Waals surface area contributed by atoms with Crippen LogP contribution in [0.2, 0.25) is 0 Å². The molecule has 0 aliphatic heterocycles. The van der Waals surface area contributed by atoms with Gasteiger partial charge in [0.05, 0.1) is 13.2 Å². The molecule has 90 valence electrons. The molecule has 1 unspecified atom stereocenters. The Morgan fingerprint density at radius 3 is 2.88 bits per heavy atom. The number of anilines is 1. The Labute approximate surface area is 91.3 Å². The molecule has 0 bridgehead atoms. The van der Waals surface area contributed by atoms with E-state index in [-0.39, 0.29) is 19.1 Å². The number of nitrogen functional groups attached to an aromatic ring is 1. The van der Waals surface area contributed by atoms with E-state index in [0.29, 0.717) is 0 Å². The van der Waals surface area contributed by atoms with E-state index in [1.807, 2.05) is 0 Å². The molecule has 1 heterocycles. The molecule has 0 aliphatic carbocycles. The van der Waals surface area contributed by atoms with Crippen LogP contribution in [-0.4, -0.2) is 50.7 Å². The highest BCUT2D eigenvalue weighted by Gasteiger charge is 2.18. The lowest BCUT2D eigenvalue weighted by molar-refractivity contribution is -0.0476. The highest BCUT2D eigenvalue weighted by molar-refractivity contribution is 5.09. The van der Waals surface area contributed by atoms with E-state index in [4.69, 9.17) is 15.6 Å². The van der Waals surface area contributed by atoms with Gasteiger partial charge < -0.3 is 20.7 Å². The summed E-state index contributed by atoms with van der Waals surface area (Å²) in [5.41, 5.74) is 4.60. The van der Waals surface area contributed by atoms with E-state index in [2.05, 4.69) is 9.97 Å². The normalized spacial score (nSPS) is 14.7. The predicted octanol–water partition coefficient (Wildman–Crippen LogP) is -2.41. The van der Waals surface area contributed by atoms with E-state index < -0.39 is 17.9 Å². The van der Waals surface area contributed by atoms with E-state index in [1.165, 1.54) is 13.4 Å². The molecule has 8 nitrogen and oxygen atoms in total. The van der Waals surface area contributed by atoms with Crippen LogP contribution in [0.25, 0.3) is 0 Å². The third-order valence-electron chi connectivity index (χ3n) is 2.08. The fourth-order valence-corrected chi connectivity index (χ4v) is 1.17. The van der Waals surface area contributed by atoms with E-state index in [1.54, 1.807) is 0 Å². The Morgan fingerprint density at radius 1 is 1.69 bits per heavy atom. The molecule has 0 fully saturated rings. The first-order valence-corrected chi connectivity index (χ1v) is 4.59. The second-order valence-electron chi connectivity index (χ2n) is 3.17. The van der Waals surface area contributed by atoms with Crippen molar-refractivity contribution >= 4 is 5.95 Å². The van der Waals surface area contributed by atoms with Gasteiger partial charge in [0.2, 0.25) is 5.95 Å². The highest BCUT2D eigenvalue weighted by atomic mass is 16.5. The lowest BCUT2D eigenvalue weighted by atomic mass is 10.2. The van der Waals surface area contributed by atoms with Gasteiger partial charge in [-0.05, 0) is 0 Å². The summed E-state index contributed by atoms with van der Waals surface area (Å²) in [5, 5.41) is 18.5. The molecule has 4 N–H and O–H groups in total. The SMILES string of the molecule is CO[C@H](CO)C(O)Cn1cnc(N)nc1=O. The first-order valence-electron chi connectivity index (χ1n) is 4.59. The van der Waals surface area contributed by atoms with Gasteiger partial charge in [-0.25, -0.2) is 9.78 Å². The van der Waals surface area contributed by atoms with Crippen LogP contribution < -0.4 is 11.4 Å². The monoisotopic (exact) mass is 230 g/mol. The van der Waals surface area contributed by atoms with Gasteiger partial charge in [-0.2, -0.15) is 4.98 Å². The molecule has 8 heteroatoms. The number of aromatic nitrogens is 3. The zero-order valence-corrected chi connectivity index (χ0v) is 8.78. The lowest BCUT2D eigenvalue weighted by Gasteiger charge is -2.19. The molecule has 0 radical (unpaired) electrons. The summed E-state index contributed by atoms with van der Waals surface area (Å²) in [6, 6.07) is 0. The highest BCUT2D eigenvalue weighted by Crippen LogP contribution is 1.99. The molecular formula is C8H14N4O4. The summed E-state index contributed by atoms with van der Waals surface area (Å²) >= 11 is 0. The fourth-order valence-electron chi connectivity index (χ4n) is 1.17. The molecular weight excluding hydrogens is 216 g/mol. The van der Waals surface area contributed by atoms with Crippen molar-refractivity contribution in [2.24, 2.45) is 0 Å². The third-order valence-corrected chi connectivity index (χ3v) is 2.08. The summed E-state index contributed by atoms with van der Waals surface area (Å²) < 4.78 is 5.90. The second-order valence-corrected chi connectivity index (χ2v) is 3.17. The van der Waals surface area contributed by atoms with Crippen molar-refractivity contribution in [1.82, 2.24) is 14.5 Å². The minimum Gasteiger partial charge on any atom is -0.394 e. The molecule has 0 aromatic carbocycles. The van der Waals surface area contributed by atoms with Gasteiger partial charge in [-0.1, -0.05) is 0 Å². The van der Waals surface area contributed by atoms with Gasteiger partial charge in [0, 0.05) is 7.11 Å². The van der Waals surface area contributed by atoms with Gasteiger partial charge in [0.25, 0.3) is 0 Å². The van der Waals surface area contributed by atoms with Crippen LogP contribution in [0.1, 0.15) is 0 Å². The predicted molar refractivity (Wildman–Crippen MR) is 54.6 cm³/mol. The smallest absolute Gasteiger partial charge is 0.352 e.